The topological polar surface area (TPSA) is 41.5 Å². The van der Waals surface area contributed by atoms with Crippen LogP contribution in [0.5, 0.6) is 0 Å². The number of nitrogens with one attached hydrogen (secondary N) is 1. The van der Waals surface area contributed by atoms with Crippen LogP contribution in [-0.4, -0.2) is 30.6 Å². The summed E-state index contributed by atoms with van der Waals surface area (Å²) in [6.45, 7) is 11.8. The molecule has 3 fully saturated rings. The zero-order chi connectivity index (χ0) is 19.7. The van der Waals surface area contributed by atoms with Gasteiger partial charge < -0.3 is 9.84 Å². The summed E-state index contributed by atoms with van der Waals surface area (Å²) in [6.07, 6.45) is 9.10. The summed E-state index contributed by atoms with van der Waals surface area (Å²) in [5, 5.41) is 14.4. The molecule has 2 aliphatic carbocycles. The van der Waals surface area contributed by atoms with Crippen LogP contribution in [0.2, 0.25) is 0 Å². The molecular formula is C24H45NO2. The lowest BCUT2D eigenvalue weighted by molar-refractivity contribution is -0.0727. The fourth-order valence-electron chi connectivity index (χ4n) is 6.91. The summed E-state index contributed by atoms with van der Waals surface area (Å²) in [5.41, 5.74) is 0. The molecule has 158 valence electrons. The second kappa shape index (κ2) is 9.13. The molecule has 0 aromatic heterocycles. The zero-order valence-corrected chi connectivity index (χ0v) is 18.7. The number of aliphatic hydroxyl groups excluding tert-OH is 1. The maximum Gasteiger partial charge on any atom is 0.108 e. The van der Waals surface area contributed by atoms with Gasteiger partial charge in [-0.2, -0.15) is 0 Å². The molecule has 27 heavy (non-hydrogen) atoms. The van der Waals surface area contributed by atoms with Gasteiger partial charge in [0.1, 0.15) is 6.23 Å². The molecule has 1 aliphatic heterocycles. The first-order chi connectivity index (χ1) is 12.8. The SMILES string of the molecule is CCC1CCC2NC(O)C(CC3CC(C(C)C)C(OC)C(C(C)C)C3)C2C1. The van der Waals surface area contributed by atoms with Gasteiger partial charge in [-0.3, -0.25) is 5.32 Å². The van der Waals surface area contributed by atoms with E-state index in [2.05, 4.69) is 39.9 Å². The lowest BCUT2D eigenvalue weighted by Crippen LogP contribution is -2.44. The van der Waals surface area contributed by atoms with E-state index in [1.807, 2.05) is 7.11 Å². The summed E-state index contributed by atoms with van der Waals surface area (Å²) in [7, 11) is 1.91. The van der Waals surface area contributed by atoms with Crippen LogP contribution in [-0.2, 0) is 4.74 Å². The fourth-order valence-corrected chi connectivity index (χ4v) is 6.91. The van der Waals surface area contributed by atoms with Crippen molar-refractivity contribution < 1.29 is 9.84 Å². The summed E-state index contributed by atoms with van der Waals surface area (Å²) in [6, 6.07) is 0.560. The van der Waals surface area contributed by atoms with Crippen LogP contribution >= 0.6 is 0 Å². The number of hydrogen-bond acceptors (Lipinski definition) is 3. The monoisotopic (exact) mass is 379 g/mol. The van der Waals surface area contributed by atoms with Gasteiger partial charge in [-0.05, 0) is 80.0 Å². The van der Waals surface area contributed by atoms with Crippen molar-refractivity contribution in [1.82, 2.24) is 5.32 Å². The van der Waals surface area contributed by atoms with Crippen molar-refractivity contribution in [3.8, 4) is 0 Å². The van der Waals surface area contributed by atoms with E-state index in [0.717, 1.165) is 11.8 Å². The van der Waals surface area contributed by atoms with E-state index in [9.17, 15) is 5.11 Å². The maximum atomic E-state index is 10.8. The van der Waals surface area contributed by atoms with Crippen molar-refractivity contribution in [2.75, 3.05) is 7.11 Å². The minimum Gasteiger partial charge on any atom is -0.381 e. The Hall–Kier alpha value is -0.120. The zero-order valence-electron chi connectivity index (χ0n) is 18.7. The van der Waals surface area contributed by atoms with E-state index in [0.29, 0.717) is 47.7 Å². The molecule has 2 N–H and O–H groups in total. The highest BCUT2D eigenvalue weighted by Crippen LogP contribution is 2.48. The van der Waals surface area contributed by atoms with Gasteiger partial charge in [0.25, 0.3) is 0 Å². The molecular weight excluding hydrogens is 334 g/mol. The average Bonchev–Trinajstić information content (AvgIpc) is 2.95. The van der Waals surface area contributed by atoms with Crippen LogP contribution in [0.15, 0.2) is 0 Å². The van der Waals surface area contributed by atoms with Crippen LogP contribution in [0.1, 0.15) is 79.6 Å². The second-order valence-electron chi connectivity index (χ2n) is 10.7. The molecule has 0 spiro atoms. The maximum absolute atomic E-state index is 10.8. The van der Waals surface area contributed by atoms with Gasteiger partial charge in [0, 0.05) is 19.1 Å². The largest absolute Gasteiger partial charge is 0.381 e. The predicted octanol–water partition coefficient (Wildman–Crippen LogP) is 5.08. The Morgan fingerprint density at radius 3 is 2.11 bits per heavy atom. The summed E-state index contributed by atoms with van der Waals surface area (Å²) in [4.78, 5) is 0. The van der Waals surface area contributed by atoms with Crippen molar-refractivity contribution >= 4 is 0 Å². The van der Waals surface area contributed by atoms with Crippen molar-refractivity contribution in [1.29, 1.82) is 0 Å². The van der Waals surface area contributed by atoms with Gasteiger partial charge in [0.05, 0.1) is 6.10 Å². The van der Waals surface area contributed by atoms with Crippen LogP contribution < -0.4 is 5.32 Å². The fraction of sp³-hybridized carbons (Fsp3) is 1.00. The lowest BCUT2D eigenvalue weighted by atomic mass is 9.63. The van der Waals surface area contributed by atoms with Gasteiger partial charge in [0.15, 0.2) is 0 Å². The summed E-state index contributed by atoms with van der Waals surface area (Å²) < 4.78 is 6.03. The number of methoxy groups -OCH3 is 1. The van der Waals surface area contributed by atoms with Gasteiger partial charge in [0.2, 0.25) is 0 Å². The minimum atomic E-state index is -0.286. The number of hydrogen-bond donors (Lipinski definition) is 2. The number of aliphatic hydroxyl groups is 1. The summed E-state index contributed by atoms with van der Waals surface area (Å²) in [5.74, 6) is 5.38. The van der Waals surface area contributed by atoms with Crippen LogP contribution in [0.25, 0.3) is 0 Å². The third-order valence-electron chi connectivity index (χ3n) is 8.57. The van der Waals surface area contributed by atoms with E-state index in [-0.39, 0.29) is 6.23 Å². The van der Waals surface area contributed by atoms with Crippen molar-refractivity contribution in [3.63, 3.8) is 0 Å². The van der Waals surface area contributed by atoms with Crippen LogP contribution in [0.3, 0.4) is 0 Å². The molecule has 3 nitrogen and oxygen atoms in total. The molecule has 7 atom stereocenters. The summed E-state index contributed by atoms with van der Waals surface area (Å²) >= 11 is 0. The first-order valence-corrected chi connectivity index (χ1v) is 11.8. The smallest absolute Gasteiger partial charge is 0.108 e. The standard InChI is InChI=1S/C24H45NO2/c1-7-16-8-9-22-20(10-16)21(24(26)25-22)13-17-11-18(14(2)3)23(27-6)19(12-17)15(4)5/h14-26H,7-13H2,1-6H3. The van der Waals surface area contributed by atoms with Gasteiger partial charge >= 0.3 is 0 Å². The van der Waals surface area contributed by atoms with E-state index in [4.69, 9.17) is 4.74 Å². The Bertz CT molecular complexity index is 447. The van der Waals surface area contributed by atoms with Crippen molar-refractivity contribution in [3.05, 3.63) is 0 Å². The first kappa shape index (κ1) is 21.6. The first-order valence-electron chi connectivity index (χ1n) is 11.8. The molecule has 2 saturated carbocycles. The lowest BCUT2D eigenvalue weighted by Gasteiger charge is -2.46. The third-order valence-corrected chi connectivity index (χ3v) is 8.57. The van der Waals surface area contributed by atoms with Crippen molar-refractivity contribution in [2.24, 2.45) is 47.3 Å². The number of rotatable bonds is 6. The normalized spacial score (nSPS) is 45.4. The molecule has 1 saturated heterocycles. The molecule has 0 aromatic carbocycles. The molecule has 0 aromatic rings. The van der Waals surface area contributed by atoms with E-state index >= 15 is 0 Å². The Morgan fingerprint density at radius 2 is 1.59 bits per heavy atom. The van der Waals surface area contributed by atoms with Gasteiger partial charge in [-0.1, -0.05) is 41.0 Å². The molecule has 0 bridgehead atoms. The highest BCUT2D eigenvalue weighted by Gasteiger charge is 2.47. The van der Waals surface area contributed by atoms with Crippen LogP contribution in [0, 0.1) is 47.3 Å². The molecule has 3 heteroatoms. The molecule has 3 rings (SSSR count). The minimum absolute atomic E-state index is 0.286. The number of fused-ring (bicyclic) bond motifs is 1. The molecule has 0 amide bonds. The Kier molecular flexibility index (Phi) is 7.30. The Morgan fingerprint density at radius 1 is 0.963 bits per heavy atom. The number of ether oxygens (including phenoxy) is 1. The highest BCUT2D eigenvalue weighted by atomic mass is 16.5. The van der Waals surface area contributed by atoms with Crippen molar-refractivity contribution in [2.45, 2.75) is 97.9 Å². The van der Waals surface area contributed by atoms with E-state index < -0.39 is 0 Å². The third kappa shape index (κ3) is 4.56. The molecule has 0 radical (unpaired) electrons. The Balaban J connectivity index is 1.71. The highest BCUT2D eigenvalue weighted by molar-refractivity contribution is 4.99. The molecule has 1 heterocycles. The van der Waals surface area contributed by atoms with Crippen LogP contribution in [0.4, 0.5) is 0 Å². The quantitative estimate of drug-likeness (QED) is 0.676. The van der Waals surface area contributed by atoms with E-state index in [1.54, 1.807) is 0 Å². The average molecular weight is 380 g/mol. The van der Waals surface area contributed by atoms with Gasteiger partial charge in [-0.25, -0.2) is 0 Å². The van der Waals surface area contributed by atoms with Gasteiger partial charge in [-0.15, -0.1) is 0 Å². The second-order valence-corrected chi connectivity index (χ2v) is 10.7. The molecule has 7 unspecified atom stereocenters. The Labute approximate surface area is 168 Å². The van der Waals surface area contributed by atoms with E-state index in [1.165, 1.54) is 44.9 Å². The predicted molar refractivity (Wildman–Crippen MR) is 112 cm³/mol. The molecule has 3 aliphatic rings.